The fourth-order valence-electron chi connectivity index (χ4n) is 4.46. The number of nitrogens with two attached hydrogens (primary N) is 1. The molecule has 0 bridgehead atoms. The largest absolute Gasteiger partial charge is 0.338 e. The van der Waals surface area contributed by atoms with Gasteiger partial charge in [0.1, 0.15) is 0 Å². The molecule has 1 saturated carbocycles. The average molecular weight is 450 g/mol. The molecule has 0 heterocycles. The molecule has 1 aliphatic carbocycles. The highest BCUT2D eigenvalue weighted by Crippen LogP contribution is 2.27. The van der Waals surface area contributed by atoms with Gasteiger partial charge in [0.25, 0.3) is 5.91 Å². The van der Waals surface area contributed by atoms with Gasteiger partial charge in [-0.25, -0.2) is 0 Å². The zero-order valence-electron chi connectivity index (χ0n) is 20.4. The van der Waals surface area contributed by atoms with Gasteiger partial charge in [-0.2, -0.15) is 0 Å². The lowest BCUT2D eigenvalue weighted by Crippen LogP contribution is -2.38. The summed E-state index contributed by atoms with van der Waals surface area (Å²) < 4.78 is 0. The second kappa shape index (κ2) is 11.5. The number of benzene rings is 2. The third-order valence-electron chi connectivity index (χ3n) is 6.54. The van der Waals surface area contributed by atoms with E-state index >= 15 is 0 Å². The van der Waals surface area contributed by atoms with E-state index in [2.05, 4.69) is 26.1 Å². The van der Waals surface area contributed by atoms with Crippen LogP contribution in [0.4, 0.5) is 5.69 Å². The molecule has 0 unspecified atom stereocenters. The number of amides is 2. The van der Waals surface area contributed by atoms with Gasteiger partial charge >= 0.3 is 0 Å². The number of anilines is 1. The first kappa shape index (κ1) is 25.0. The summed E-state index contributed by atoms with van der Waals surface area (Å²) in [7, 11) is 0. The number of hydrogen-bond donors (Lipinski definition) is 2. The quantitative estimate of drug-likeness (QED) is 0.559. The Morgan fingerprint density at radius 3 is 2.30 bits per heavy atom. The van der Waals surface area contributed by atoms with Gasteiger partial charge in [0, 0.05) is 30.3 Å². The summed E-state index contributed by atoms with van der Waals surface area (Å²) in [6.07, 6.45) is 6.19. The lowest BCUT2D eigenvalue weighted by atomic mass is 9.86. The molecule has 2 aromatic carbocycles. The predicted octanol–water partition coefficient (Wildman–Crippen LogP) is 5.49. The van der Waals surface area contributed by atoms with Crippen LogP contribution in [0.1, 0.15) is 80.8 Å². The molecule has 0 aromatic heterocycles. The number of carbonyl (C=O) groups excluding carboxylic acids is 2. The maximum Gasteiger partial charge on any atom is 0.255 e. The van der Waals surface area contributed by atoms with E-state index in [9.17, 15) is 9.59 Å². The Balaban J connectivity index is 1.74. The van der Waals surface area contributed by atoms with Crippen LogP contribution in [-0.2, 0) is 16.8 Å². The number of hydrogen-bond acceptors (Lipinski definition) is 3. The van der Waals surface area contributed by atoms with Crippen LogP contribution in [-0.4, -0.2) is 29.8 Å². The molecule has 0 aliphatic heterocycles. The van der Waals surface area contributed by atoms with Crippen molar-refractivity contribution in [2.24, 2.45) is 11.7 Å². The first-order valence-electron chi connectivity index (χ1n) is 12.3. The van der Waals surface area contributed by atoms with Gasteiger partial charge < -0.3 is 16.0 Å². The number of nitrogens with zero attached hydrogens (tertiary/aromatic N) is 1. The predicted molar refractivity (Wildman–Crippen MR) is 135 cm³/mol. The van der Waals surface area contributed by atoms with Gasteiger partial charge in [-0.1, -0.05) is 70.4 Å². The van der Waals surface area contributed by atoms with Crippen LogP contribution in [0.3, 0.4) is 0 Å². The van der Waals surface area contributed by atoms with E-state index in [4.69, 9.17) is 5.73 Å². The molecular weight excluding hydrogens is 410 g/mol. The van der Waals surface area contributed by atoms with Crippen molar-refractivity contribution in [1.82, 2.24) is 4.90 Å². The summed E-state index contributed by atoms with van der Waals surface area (Å²) >= 11 is 0. The van der Waals surface area contributed by atoms with Crippen LogP contribution >= 0.6 is 0 Å². The molecule has 178 valence electrons. The van der Waals surface area contributed by atoms with Crippen LogP contribution < -0.4 is 11.1 Å². The smallest absolute Gasteiger partial charge is 0.255 e. The van der Waals surface area contributed by atoms with Crippen molar-refractivity contribution in [1.29, 1.82) is 0 Å². The Morgan fingerprint density at radius 2 is 1.67 bits per heavy atom. The zero-order chi connectivity index (χ0) is 23.8. The molecule has 3 N–H and O–H groups in total. The van der Waals surface area contributed by atoms with Crippen LogP contribution in [0.2, 0.25) is 0 Å². The topological polar surface area (TPSA) is 75.4 Å². The summed E-state index contributed by atoms with van der Waals surface area (Å²) in [4.78, 5) is 28.2. The first-order valence-corrected chi connectivity index (χ1v) is 12.3. The maximum atomic E-state index is 13.3. The Bertz CT molecular complexity index is 925. The monoisotopic (exact) mass is 449 g/mol. The Kier molecular flexibility index (Phi) is 8.67. The maximum absolute atomic E-state index is 13.3. The third-order valence-corrected chi connectivity index (χ3v) is 6.54. The van der Waals surface area contributed by atoms with E-state index in [1.54, 1.807) is 0 Å². The van der Waals surface area contributed by atoms with E-state index in [1.165, 1.54) is 12.0 Å². The van der Waals surface area contributed by atoms with Crippen molar-refractivity contribution in [3.8, 4) is 0 Å². The van der Waals surface area contributed by atoms with Crippen molar-refractivity contribution in [2.75, 3.05) is 18.4 Å². The molecule has 1 fully saturated rings. The second-order valence-corrected chi connectivity index (χ2v) is 10.2. The molecule has 0 spiro atoms. The summed E-state index contributed by atoms with van der Waals surface area (Å²) in [6.45, 7) is 8.14. The molecule has 2 amide bonds. The minimum atomic E-state index is -0.143. The third kappa shape index (κ3) is 6.91. The van der Waals surface area contributed by atoms with Crippen LogP contribution in [0, 0.1) is 5.92 Å². The molecule has 1 aliphatic rings. The molecule has 0 radical (unpaired) electrons. The Morgan fingerprint density at radius 1 is 1.00 bits per heavy atom. The minimum Gasteiger partial charge on any atom is -0.338 e. The highest BCUT2D eigenvalue weighted by Gasteiger charge is 2.26. The molecule has 3 rings (SSSR count). The molecule has 5 nitrogen and oxygen atoms in total. The molecule has 5 heteroatoms. The first-order chi connectivity index (χ1) is 15.8. The number of para-hydroxylation sites is 1. The van der Waals surface area contributed by atoms with Crippen molar-refractivity contribution in [3.63, 3.8) is 0 Å². The van der Waals surface area contributed by atoms with Crippen molar-refractivity contribution in [2.45, 2.75) is 71.3 Å². The van der Waals surface area contributed by atoms with Gasteiger partial charge in [-0.05, 0) is 60.5 Å². The fourth-order valence-corrected chi connectivity index (χ4v) is 4.46. The van der Waals surface area contributed by atoms with Gasteiger partial charge in [-0.3, -0.25) is 9.59 Å². The average Bonchev–Trinajstić information content (AvgIpc) is 2.82. The van der Waals surface area contributed by atoms with Gasteiger partial charge in [0.05, 0.1) is 0 Å². The van der Waals surface area contributed by atoms with Crippen LogP contribution in [0.15, 0.2) is 48.5 Å². The lowest BCUT2D eigenvalue weighted by molar-refractivity contribution is -0.137. The minimum absolute atomic E-state index is 0.0411. The summed E-state index contributed by atoms with van der Waals surface area (Å²) in [6, 6.07) is 15.5. The van der Waals surface area contributed by atoms with Crippen LogP contribution in [0.25, 0.3) is 0 Å². The van der Waals surface area contributed by atoms with Gasteiger partial charge in [0.15, 0.2) is 0 Å². The second-order valence-electron chi connectivity index (χ2n) is 10.2. The highest BCUT2D eigenvalue weighted by atomic mass is 16.2. The van der Waals surface area contributed by atoms with Crippen molar-refractivity contribution >= 4 is 17.5 Å². The summed E-state index contributed by atoms with van der Waals surface area (Å²) in [5.74, 6) is 0.191. The molecular formula is C28H39N3O2. The standard InChI is InChI=1S/C28H39N3O2/c1-28(2,3)24-16-14-21(15-17-24)26(32)30-25-13-8-7-12-23(25)20-31(19-9-18-29)27(33)22-10-5-4-6-11-22/h7-8,12-17,22H,4-6,9-11,18-20,29H2,1-3H3,(H,30,32). The number of carbonyl (C=O) groups is 2. The van der Waals surface area contributed by atoms with Crippen molar-refractivity contribution < 1.29 is 9.59 Å². The number of rotatable bonds is 8. The molecule has 0 saturated heterocycles. The van der Waals surface area contributed by atoms with E-state index in [1.807, 2.05) is 53.4 Å². The highest BCUT2D eigenvalue weighted by molar-refractivity contribution is 6.04. The van der Waals surface area contributed by atoms with Crippen LogP contribution in [0.5, 0.6) is 0 Å². The lowest BCUT2D eigenvalue weighted by Gasteiger charge is -2.30. The van der Waals surface area contributed by atoms with Gasteiger partial charge in [0.2, 0.25) is 5.91 Å². The molecule has 33 heavy (non-hydrogen) atoms. The normalized spacial score (nSPS) is 14.7. The number of nitrogens with one attached hydrogen (secondary N) is 1. The van der Waals surface area contributed by atoms with E-state index in [0.29, 0.717) is 25.2 Å². The van der Waals surface area contributed by atoms with E-state index in [-0.39, 0.29) is 23.1 Å². The Labute approximate surface area is 198 Å². The zero-order valence-corrected chi connectivity index (χ0v) is 20.4. The summed E-state index contributed by atoms with van der Waals surface area (Å²) in [5.41, 5.74) is 9.29. The van der Waals surface area contributed by atoms with Crippen molar-refractivity contribution in [3.05, 3.63) is 65.2 Å². The molecule has 2 aromatic rings. The van der Waals surface area contributed by atoms with E-state index in [0.717, 1.165) is 43.4 Å². The van der Waals surface area contributed by atoms with Gasteiger partial charge in [-0.15, -0.1) is 0 Å². The SMILES string of the molecule is CC(C)(C)c1ccc(C(=O)Nc2ccccc2CN(CCCN)C(=O)C2CCCCC2)cc1. The summed E-state index contributed by atoms with van der Waals surface area (Å²) in [5, 5.41) is 3.06. The Hall–Kier alpha value is -2.66. The fraction of sp³-hybridized carbons (Fsp3) is 0.500. The molecule has 0 atom stereocenters. The van der Waals surface area contributed by atoms with E-state index < -0.39 is 0 Å².